The number of para-hydroxylation sites is 1. The summed E-state index contributed by atoms with van der Waals surface area (Å²) in [7, 11) is -2.49. The lowest BCUT2D eigenvalue weighted by molar-refractivity contribution is 0.0527. The van der Waals surface area contributed by atoms with Crippen molar-refractivity contribution in [3.63, 3.8) is 0 Å². The van der Waals surface area contributed by atoms with Gasteiger partial charge in [0.1, 0.15) is 11.3 Å². The molecule has 0 aliphatic rings. The standard InChI is InChI=1S/C23H24N2O5S/c1-5-16-9-8-10-19-21(16)24-15-20(23(26)30-7-3)22(19)25(6-2)31(27,28)18-13-11-17(29-4)12-14-18/h5,8-15H,1,6-7H2,2-4H3. The maximum Gasteiger partial charge on any atom is 0.341 e. The predicted molar refractivity (Wildman–Crippen MR) is 121 cm³/mol. The van der Waals surface area contributed by atoms with Crippen LogP contribution in [-0.2, 0) is 14.8 Å². The highest BCUT2D eigenvalue weighted by Crippen LogP contribution is 2.35. The molecule has 31 heavy (non-hydrogen) atoms. The number of aromatic nitrogens is 1. The van der Waals surface area contributed by atoms with Crippen LogP contribution in [0, 0.1) is 0 Å². The summed E-state index contributed by atoms with van der Waals surface area (Å²) >= 11 is 0. The molecule has 0 amide bonds. The molecule has 0 unspecified atom stereocenters. The third-order valence-electron chi connectivity index (χ3n) is 4.80. The highest BCUT2D eigenvalue weighted by atomic mass is 32.2. The number of anilines is 1. The van der Waals surface area contributed by atoms with E-state index in [0.29, 0.717) is 16.7 Å². The second kappa shape index (κ2) is 9.18. The van der Waals surface area contributed by atoms with Crippen molar-refractivity contribution in [2.24, 2.45) is 0 Å². The molecule has 0 bridgehead atoms. The van der Waals surface area contributed by atoms with Crippen molar-refractivity contribution >= 4 is 38.7 Å². The van der Waals surface area contributed by atoms with E-state index in [1.807, 2.05) is 6.07 Å². The molecule has 0 fully saturated rings. The molecule has 3 aromatic rings. The van der Waals surface area contributed by atoms with Crippen LogP contribution in [0.5, 0.6) is 5.75 Å². The van der Waals surface area contributed by atoms with E-state index in [1.54, 1.807) is 44.2 Å². The van der Waals surface area contributed by atoms with E-state index in [4.69, 9.17) is 9.47 Å². The van der Waals surface area contributed by atoms with Crippen LogP contribution < -0.4 is 9.04 Å². The Kier molecular flexibility index (Phi) is 6.60. The van der Waals surface area contributed by atoms with E-state index in [0.717, 1.165) is 5.56 Å². The summed E-state index contributed by atoms with van der Waals surface area (Å²) in [5.41, 5.74) is 1.58. The van der Waals surface area contributed by atoms with Gasteiger partial charge >= 0.3 is 5.97 Å². The number of nitrogens with zero attached hydrogens (tertiary/aromatic N) is 2. The average Bonchev–Trinajstić information content (AvgIpc) is 2.79. The van der Waals surface area contributed by atoms with Crippen molar-refractivity contribution in [1.82, 2.24) is 4.98 Å². The molecule has 0 saturated carbocycles. The van der Waals surface area contributed by atoms with E-state index in [2.05, 4.69) is 11.6 Å². The molecule has 0 spiro atoms. The number of ether oxygens (including phenoxy) is 2. The SMILES string of the molecule is C=Cc1cccc2c(N(CC)S(=O)(=O)c3ccc(OC)cc3)c(C(=O)OCC)cnc12. The van der Waals surface area contributed by atoms with Gasteiger partial charge in [-0.25, -0.2) is 13.2 Å². The minimum Gasteiger partial charge on any atom is -0.497 e. The smallest absolute Gasteiger partial charge is 0.341 e. The van der Waals surface area contributed by atoms with Gasteiger partial charge in [0.2, 0.25) is 0 Å². The maximum atomic E-state index is 13.6. The van der Waals surface area contributed by atoms with Crippen molar-refractivity contribution in [2.45, 2.75) is 18.7 Å². The minimum atomic E-state index is -3.99. The van der Waals surface area contributed by atoms with Crippen LogP contribution in [0.1, 0.15) is 29.8 Å². The number of hydrogen-bond acceptors (Lipinski definition) is 6. The Balaban J connectivity index is 2.31. The third kappa shape index (κ3) is 4.11. The zero-order valence-corrected chi connectivity index (χ0v) is 18.5. The zero-order chi connectivity index (χ0) is 22.6. The van der Waals surface area contributed by atoms with Gasteiger partial charge < -0.3 is 9.47 Å². The molecule has 0 saturated heterocycles. The number of benzene rings is 2. The van der Waals surface area contributed by atoms with Gasteiger partial charge in [-0.1, -0.05) is 30.9 Å². The number of rotatable bonds is 8. The van der Waals surface area contributed by atoms with Crippen LogP contribution in [0.25, 0.3) is 17.0 Å². The number of sulfonamides is 1. The summed E-state index contributed by atoms with van der Waals surface area (Å²) in [5, 5.41) is 0.516. The Hall–Kier alpha value is -3.39. The van der Waals surface area contributed by atoms with Crippen molar-refractivity contribution in [1.29, 1.82) is 0 Å². The Morgan fingerprint density at radius 2 is 1.87 bits per heavy atom. The number of pyridine rings is 1. The molecule has 3 rings (SSSR count). The lowest BCUT2D eigenvalue weighted by Gasteiger charge is -2.26. The van der Waals surface area contributed by atoms with Crippen molar-refractivity contribution in [2.75, 3.05) is 24.6 Å². The molecule has 0 N–H and O–H groups in total. The van der Waals surface area contributed by atoms with Gasteiger partial charge in [-0.3, -0.25) is 9.29 Å². The monoisotopic (exact) mass is 440 g/mol. The van der Waals surface area contributed by atoms with Crippen LogP contribution >= 0.6 is 0 Å². The second-order valence-electron chi connectivity index (χ2n) is 6.53. The number of fused-ring (bicyclic) bond motifs is 1. The fourth-order valence-electron chi connectivity index (χ4n) is 3.35. The summed E-state index contributed by atoms with van der Waals surface area (Å²) in [5.74, 6) is -0.0986. The maximum absolute atomic E-state index is 13.6. The van der Waals surface area contributed by atoms with Gasteiger partial charge in [0, 0.05) is 23.7 Å². The van der Waals surface area contributed by atoms with Gasteiger partial charge in [0.15, 0.2) is 0 Å². The number of esters is 1. The molecular weight excluding hydrogens is 416 g/mol. The van der Waals surface area contributed by atoms with Gasteiger partial charge in [-0.2, -0.15) is 0 Å². The fourth-order valence-corrected chi connectivity index (χ4v) is 4.86. The van der Waals surface area contributed by atoms with Crippen LogP contribution in [0.2, 0.25) is 0 Å². The number of methoxy groups -OCH3 is 1. The zero-order valence-electron chi connectivity index (χ0n) is 17.7. The molecule has 162 valence electrons. The van der Waals surface area contributed by atoms with Gasteiger partial charge in [-0.05, 0) is 38.1 Å². The van der Waals surface area contributed by atoms with E-state index in [9.17, 15) is 13.2 Å². The van der Waals surface area contributed by atoms with Gasteiger partial charge in [0.05, 0.1) is 29.8 Å². The van der Waals surface area contributed by atoms with E-state index in [1.165, 1.54) is 29.7 Å². The summed E-state index contributed by atoms with van der Waals surface area (Å²) in [6.07, 6.45) is 2.99. The normalized spacial score (nSPS) is 11.2. The molecule has 0 atom stereocenters. The number of hydrogen-bond donors (Lipinski definition) is 0. The van der Waals surface area contributed by atoms with Crippen LogP contribution in [0.4, 0.5) is 5.69 Å². The molecule has 1 heterocycles. The topological polar surface area (TPSA) is 85.8 Å². The predicted octanol–water partition coefficient (Wildman–Crippen LogP) is 4.28. The van der Waals surface area contributed by atoms with Crippen molar-refractivity contribution in [3.05, 3.63) is 66.4 Å². The Morgan fingerprint density at radius 3 is 2.45 bits per heavy atom. The first-order chi connectivity index (χ1) is 14.9. The molecule has 2 aromatic carbocycles. The first kappa shape index (κ1) is 22.3. The number of carbonyl (C=O) groups is 1. The fraction of sp³-hybridized carbons (Fsp3) is 0.217. The molecule has 0 radical (unpaired) electrons. The van der Waals surface area contributed by atoms with Crippen molar-refractivity contribution in [3.8, 4) is 5.75 Å². The highest BCUT2D eigenvalue weighted by Gasteiger charge is 2.30. The number of carbonyl (C=O) groups excluding carboxylic acids is 1. The van der Waals surface area contributed by atoms with Crippen molar-refractivity contribution < 1.29 is 22.7 Å². The van der Waals surface area contributed by atoms with Crippen LogP contribution in [-0.4, -0.2) is 39.6 Å². The molecule has 7 nitrogen and oxygen atoms in total. The molecule has 8 heteroatoms. The lowest BCUT2D eigenvalue weighted by Crippen LogP contribution is -2.32. The quantitative estimate of drug-likeness (QED) is 0.486. The summed E-state index contributed by atoms with van der Waals surface area (Å²) in [4.78, 5) is 17.2. The first-order valence-electron chi connectivity index (χ1n) is 9.77. The van der Waals surface area contributed by atoms with Crippen LogP contribution in [0.3, 0.4) is 0 Å². The Morgan fingerprint density at radius 1 is 1.16 bits per heavy atom. The summed E-state index contributed by atoms with van der Waals surface area (Å²) < 4.78 is 38.7. The van der Waals surface area contributed by atoms with E-state index < -0.39 is 16.0 Å². The highest BCUT2D eigenvalue weighted by molar-refractivity contribution is 7.92. The Bertz CT molecular complexity index is 1220. The van der Waals surface area contributed by atoms with Crippen LogP contribution in [0.15, 0.2) is 60.1 Å². The summed E-state index contributed by atoms with van der Waals surface area (Å²) in [6.45, 7) is 7.44. The lowest BCUT2D eigenvalue weighted by atomic mass is 10.1. The molecule has 0 aliphatic carbocycles. The molecule has 0 aliphatic heterocycles. The van der Waals surface area contributed by atoms with E-state index in [-0.39, 0.29) is 29.3 Å². The molecular formula is C23H24N2O5S. The van der Waals surface area contributed by atoms with E-state index >= 15 is 0 Å². The minimum absolute atomic E-state index is 0.0782. The van der Waals surface area contributed by atoms with Gasteiger partial charge in [0.25, 0.3) is 10.0 Å². The molecule has 1 aromatic heterocycles. The van der Waals surface area contributed by atoms with Gasteiger partial charge in [-0.15, -0.1) is 0 Å². The third-order valence-corrected chi connectivity index (χ3v) is 6.69. The largest absolute Gasteiger partial charge is 0.497 e. The first-order valence-corrected chi connectivity index (χ1v) is 11.2. The Labute approximate surface area is 182 Å². The second-order valence-corrected chi connectivity index (χ2v) is 8.40. The average molecular weight is 441 g/mol. The summed E-state index contributed by atoms with van der Waals surface area (Å²) in [6, 6.07) is 11.4.